The molecule has 0 aliphatic rings. The van der Waals surface area contributed by atoms with Crippen molar-refractivity contribution in [1.29, 1.82) is 0 Å². The van der Waals surface area contributed by atoms with Gasteiger partial charge < -0.3 is 5.11 Å². The Balaban J connectivity index is 2.34. The number of carbonyl (C=O) groups is 1. The highest BCUT2D eigenvalue weighted by Gasteiger charge is 2.14. The minimum Gasteiger partial charge on any atom is -0.478 e. The Hall–Kier alpha value is -2.34. The van der Waals surface area contributed by atoms with Crippen LogP contribution in [0.25, 0.3) is 0 Å². The van der Waals surface area contributed by atoms with E-state index in [1.165, 1.54) is 23.9 Å². The van der Waals surface area contributed by atoms with E-state index in [1.807, 2.05) is 0 Å². The Morgan fingerprint density at radius 3 is 2.55 bits per heavy atom. The molecule has 2 aromatic carbocycles. The number of benzene rings is 2. The third kappa shape index (κ3) is 2.97. The minimum absolute atomic E-state index is 0.0393. The van der Waals surface area contributed by atoms with Gasteiger partial charge in [0.15, 0.2) is 0 Å². The quantitative estimate of drug-likeness (QED) is 0.684. The lowest BCUT2D eigenvalue weighted by Gasteiger charge is -2.06. The third-order valence-electron chi connectivity index (χ3n) is 2.72. The maximum Gasteiger partial charge on any atom is 0.335 e. The van der Waals surface area contributed by atoms with Gasteiger partial charge in [0, 0.05) is 11.0 Å². The molecule has 0 bridgehead atoms. The van der Waals surface area contributed by atoms with Gasteiger partial charge in [-0.05, 0) is 36.8 Å². The molecule has 0 saturated carbocycles. The number of hydrogen-bond donors (Lipinski definition) is 1. The average Bonchev–Trinajstić information content (AvgIpc) is 2.38. The highest BCUT2D eigenvalue weighted by molar-refractivity contribution is 7.99. The number of para-hydroxylation sites is 1. The number of carboxylic acid groups (broad SMARTS) is 1. The molecular weight excluding hydrogens is 278 g/mol. The van der Waals surface area contributed by atoms with Crippen LogP contribution in [0.4, 0.5) is 5.69 Å². The van der Waals surface area contributed by atoms with Gasteiger partial charge >= 0.3 is 5.97 Å². The molecule has 0 spiro atoms. The Morgan fingerprint density at radius 2 is 1.95 bits per heavy atom. The summed E-state index contributed by atoms with van der Waals surface area (Å²) in [6.07, 6.45) is 0. The summed E-state index contributed by atoms with van der Waals surface area (Å²) < 4.78 is 0. The van der Waals surface area contributed by atoms with Crippen LogP contribution in [0.3, 0.4) is 0 Å². The van der Waals surface area contributed by atoms with Crippen LogP contribution in [-0.4, -0.2) is 16.0 Å². The molecule has 2 rings (SSSR count). The lowest BCUT2D eigenvalue weighted by Crippen LogP contribution is -1.99. The van der Waals surface area contributed by atoms with Gasteiger partial charge in [0.2, 0.25) is 0 Å². The van der Waals surface area contributed by atoms with Gasteiger partial charge in [-0.15, -0.1) is 0 Å². The van der Waals surface area contributed by atoms with Gasteiger partial charge in [-0.3, -0.25) is 10.1 Å². The molecule has 0 aliphatic carbocycles. The molecule has 2 aromatic rings. The molecule has 0 atom stereocenters. The van der Waals surface area contributed by atoms with E-state index in [9.17, 15) is 14.9 Å². The van der Waals surface area contributed by atoms with Crippen LogP contribution < -0.4 is 0 Å². The van der Waals surface area contributed by atoms with Crippen molar-refractivity contribution in [3.8, 4) is 0 Å². The molecule has 0 amide bonds. The summed E-state index contributed by atoms with van der Waals surface area (Å²) in [6, 6.07) is 11.3. The van der Waals surface area contributed by atoms with Crippen LogP contribution in [-0.2, 0) is 0 Å². The summed E-state index contributed by atoms with van der Waals surface area (Å²) in [6.45, 7) is 1.70. The van der Waals surface area contributed by atoms with Crippen molar-refractivity contribution < 1.29 is 14.8 Å². The largest absolute Gasteiger partial charge is 0.478 e. The van der Waals surface area contributed by atoms with Crippen LogP contribution in [0.2, 0.25) is 0 Å². The fraction of sp³-hybridized carbons (Fsp3) is 0.0714. The molecular formula is C14H11NO4S. The fourth-order valence-electron chi connectivity index (χ4n) is 1.76. The zero-order chi connectivity index (χ0) is 14.7. The zero-order valence-electron chi connectivity index (χ0n) is 10.6. The Labute approximate surface area is 119 Å². The molecule has 6 heteroatoms. The van der Waals surface area contributed by atoms with Crippen LogP contribution in [0.5, 0.6) is 0 Å². The van der Waals surface area contributed by atoms with Crippen molar-refractivity contribution in [2.75, 3.05) is 0 Å². The maximum atomic E-state index is 10.9. The highest BCUT2D eigenvalue weighted by Crippen LogP contribution is 2.35. The first-order chi connectivity index (χ1) is 9.49. The first-order valence-electron chi connectivity index (χ1n) is 5.74. The van der Waals surface area contributed by atoms with Gasteiger partial charge in [0.1, 0.15) is 0 Å². The normalized spacial score (nSPS) is 10.2. The number of nitro benzene ring substituents is 1. The van der Waals surface area contributed by atoms with Gasteiger partial charge in [-0.1, -0.05) is 23.9 Å². The average molecular weight is 289 g/mol. The van der Waals surface area contributed by atoms with E-state index in [0.717, 1.165) is 4.90 Å². The van der Waals surface area contributed by atoms with Crippen LogP contribution >= 0.6 is 11.8 Å². The Morgan fingerprint density at radius 1 is 1.25 bits per heavy atom. The third-order valence-corrected chi connectivity index (χ3v) is 3.77. The van der Waals surface area contributed by atoms with Crippen molar-refractivity contribution in [2.24, 2.45) is 0 Å². The maximum absolute atomic E-state index is 10.9. The van der Waals surface area contributed by atoms with Crippen molar-refractivity contribution in [3.63, 3.8) is 0 Å². The second-order valence-electron chi connectivity index (χ2n) is 4.11. The van der Waals surface area contributed by atoms with Gasteiger partial charge in [0.25, 0.3) is 5.69 Å². The number of hydrogen-bond acceptors (Lipinski definition) is 4. The van der Waals surface area contributed by atoms with E-state index < -0.39 is 10.9 Å². The molecule has 0 aromatic heterocycles. The van der Waals surface area contributed by atoms with Gasteiger partial charge in [0.05, 0.1) is 15.4 Å². The van der Waals surface area contributed by atoms with Gasteiger partial charge in [-0.25, -0.2) is 4.79 Å². The molecule has 0 aliphatic heterocycles. The second-order valence-corrected chi connectivity index (χ2v) is 5.22. The molecule has 5 nitrogen and oxygen atoms in total. The summed E-state index contributed by atoms with van der Waals surface area (Å²) in [5.74, 6) is -0.982. The molecule has 0 fully saturated rings. The summed E-state index contributed by atoms with van der Waals surface area (Å²) in [4.78, 5) is 22.7. The molecule has 0 saturated heterocycles. The van der Waals surface area contributed by atoms with E-state index in [1.54, 1.807) is 37.3 Å². The summed E-state index contributed by atoms with van der Waals surface area (Å²) >= 11 is 1.24. The van der Waals surface area contributed by atoms with E-state index >= 15 is 0 Å². The molecule has 102 valence electrons. The van der Waals surface area contributed by atoms with Crippen molar-refractivity contribution in [1.82, 2.24) is 0 Å². The first kappa shape index (κ1) is 14.1. The van der Waals surface area contributed by atoms with Crippen LogP contribution in [0.1, 0.15) is 15.9 Å². The zero-order valence-corrected chi connectivity index (χ0v) is 11.4. The summed E-state index contributed by atoms with van der Waals surface area (Å²) in [5, 5.41) is 19.9. The highest BCUT2D eigenvalue weighted by atomic mass is 32.2. The second kappa shape index (κ2) is 5.75. The Bertz CT molecular complexity index is 685. The minimum atomic E-state index is -0.982. The first-order valence-corrected chi connectivity index (χ1v) is 6.56. The molecule has 0 heterocycles. The monoisotopic (exact) mass is 289 g/mol. The lowest BCUT2D eigenvalue weighted by molar-refractivity contribution is -0.387. The number of aryl methyl sites for hydroxylation is 1. The van der Waals surface area contributed by atoms with E-state index in [2.05, 4.69) is 0 Å². The predicted molar refractivity (Wildman–Crippen MR) is 75.4 cm³/mol. The number of rotatable bonds is 4. The summed E-state index contributed by atoms with van der Waals surface area (Å²) in [5.41, 5.74) is 0.899. The summed E-state index contributed by atoms with van der Waals surface area (Å²) in [7, 11) is 0. The number of nitrogens with zero attached hydrogens (tertiary/aromatic N) is 1. The number of nitro groups is 1. The fourth-order valence-corrected chi connectivity index (χ4v) is 2.78. The standard InChI is InChI=1S/C14H11NO4S/c1-9-8-10(6-7-11(9)14(16)17)20-13-5-3-2-4-12(13)15(18)19/h2-8H,1H3,(H,16,17). The molecule has 0 unspecified atom stereocenters. The Kier molecular flexibility index (Phi) is 4.05. The van der Waals surface area contributed by atoms with E-state index in [4.69, 9.17) is 5.11 Å². The molecule has 20 heavy (non-hydrogen) atoms. The van der Waals surface area contributed by atoms with Crippen molar-refractivity contribution >= 4 is 23.4 Å². The van der Waals surface area contributed by atoms with Crippen molar-refractivity contribution in [2.45, 2.75) is 16.7 Å². The van der Waals surface area contributed by atoms with Crippen molar-refractivity contribution in [3.05, 3.63) is 63.7 Å². The van der Waals surface area contributed by atoms with Crippen LogP contribution in [0.15, 0.2) is 52.3 Å². The smallest absolute Gasteiger partial charge is 0.335 e. The SMILES string of the molecule is Cc1cc(Sc2ccccc2[N+](=O)[O-])ccc1C(=O)O. The van der Waals surface area contributed by atoms with Crippen LogP contribution in [0, 0.1) is 17.0 Å². The number of carboxylic acids is 1. The lowest BCUT2D eigenvalue weighted by atomic mass is 10.1. The van der Waals surface area contributed by atoms with Gasteiger partial charge in [-0.2, -0.15) is 0 Å². The molecule has 0 radical (unpaired) electrons. The molecule has 1 N–H and O–H groups in total. The van der Waals surface area contributed by atoms with E-state index in [-0.39, 0.29) is 11.3 Å². The predicted octanol–water partition coefficient (Wildman–Crippen LogP) is 3.75. The number of aromatic carboxylic acids is 1. The van der Waals surface area contributed by atoms with E-state index in [0.29, 0.717) is 10.5 Å². The topological polar surface area (TPSA) is 80.4 Å².